The van der Waals surface area contributed by atoms with Gasteiger partial charge < -0.3 is 19.4 Å². The Hall–Kier alpha value is -2.90. The van der Waals surface area contributed by atoms with Crippen molar-refractivity contribution in [1.29, 1.82) is 0 Å². The standard InChI is InChI=1S/C22H23N3O3S/c1-27-18-6-4-12-25(14-18)17-10-8-16(9-11-17)23-22(29)24-21(26)20-13-15-5-2-3-7-19(15)28-20/h2-3,5,7-11,13,18H,4,6,12,14H2,1H3,(H2,23,24,26,29). The van der Waals surface area contributed by atoms with Crippen LogP contribution in [0.3, 0.4) is 0 Å². The van der Waals surface area contributed by atoms with E-state index in [4.69, 9.17) is 21.4 Å². The SMILES string of the molecule is COC1CCCN(c2ccc(NC(=S)NC(=O)c3cc4ccccc4o3)cc2)C1. The van der Waals surface area contributed by atoms with E-state index < -0.39 is 0 Å². The normalized spacial score (nSPS) is 16.6. The molecule has 7 heteroatoms. The summed E-state index contributed by atoms with van der Waals surface area (Å²) < 4.78 is 11.1. The quantitative estimate of drug-likeness (QED) is 0.631. The number of furan rings is 1. The van der Waals surface area contributed by atoms with E-state index in [1.54, 1.807) is 13.2 Å². The van der Waals surface area contributed by atoms with Crippen LogP contribution in [0.1, 0.15) is 23.4 Å². The van der Waals surface area contributed by atoms with Crippen LogP contribution in [0.4, 0.5) is 11.4 Å². The molecule has 6 nitrogen and oxygen atoms in total. The Bertz CT molecular complexity index is 983. The van der Waals surface area contributed by atoms with Crippen molar-refractivity contribution in [2.75, 3.05) is 30.4 Å². The number of anilines is 2. The molecule has 2 heterocycles. The maximum Gasteiger partial charge on any atom is 0.293 e. The smallest absolute Gasteiger partial charge is 0.293 e. The maximum atomic E-state index is 12.4. The molecule has 1 atom stereocenters. The average Bonchev–Trinajstić information content (AvgIpc) is 3.19. The van der Waals surface area contributed by atoms with Gasteiger partial charge in [-0.2, -0.15) is 0 Å². The highest BCUT2D eigenvalue weighted by molar-refractivity contribution is 7.80. The van der Waals surface area contributed by atoms with Crippen molar-refractivity contribution in [3.05, 3.63) is 60.4 Å². The predicted octanol–water partition coefficient (Wildman–Crippen LogP) is 4.17. The highest BCUT2D eigenvalue weighted by atomic mass is 32.1. The average molecular weight is 410 g/mol. The lowest BCUT2D eigenvalue weighted by atomic mass is 10.1. The zero-order valence-electron chi connectivity index (χ0n) is 16.2. The number of para-hydroxylation sites is 1. The summed E-state index contributed by atoms with van der Waals surface area (Å²) in [5, 5.41) is 6.80. The van der Waals surface area contributed by atoms with Gasteiger partial charge in [0.25, 0.3) is 5.91 Å². The molecule has 1 unspecified atom stereocenters. The first-order valence-corrected chi connectivity index (χ1v) is 10.0. The summed E-state index contributed by atoms with van der Waals surface area (Å²) in [6.07, 6.45) is 2.50. The minimum atomic E-state index is -0.380. The number of ether oxygens (including phenoxy) is 1. The van der Waals surface area contributed by atoms with Gasteiger partial charge in [0.2, 0.25) is 0 Å². The molecule has 1 saturated heterocycles. The van der Waals surface area contributed by atoms with Gasteiger partial charge in [0.05, 0.1) is 6.10 Å². The molecule has 4 rings (SSSR count). The van der Waals surface area contributed by atoms with Crippen LogP contribution in [-0.2, 0) is 4.74 Å². The largest absolute Gasteiger partial charge is 0.451 e. The molecule has 1 aliphatic rings. The highest BCUT2D eigenvalue weighted by Gasteiger charge is 2.19. The van der Waals surface area contributed by atoms with Gasteiger partial charge in [-0.3, -0.25) is 10.1 Å². The highest BCUT2D eigenvalue weighted by Crippen LogP contribution is 2.23. The van der Waals surface area contributed by atoms with Gasteiger partial charge in [-0.05, 0) is 61.5 Å². The molecular weight excluding hydrogens is 386 g/mol. The predicted molar refractivity (Wildman–Crippen MR) is 119 cm³/mol. The summed E-state index contributed by atoms with van der Waals surface area (Å²) in [6, 6.07) is 17.2. The number of thiocarbonyl (C=S) groups is 1. The molecule has 1 amide bonds. The first-order chi connectivity index (χ1) is 14.1. The fourth-order valence-corrected chi connectivity index (χ4v) is 3.75. The molecule has 0 aliphatic carbocycles. The summed E-state index contributed by atoms with van der Waals surface area (Å²) in [5.74, 6) is -0.155. The second-order valence-electron chi connectivity index (χ2n) is 7.05. The van der Waals surface area contributed by atoms with Crippen molar-refractivity contribution in [2.24, 2.45) is 0 Å². The molecule has 0 spiro atoms. The van der Waals surface area contributed by atoms with E-state index in [0.29, 0.717) is 5.58 Å². The molecule has 0 bridgehead atoms. The van der Waals surface area contributed by atoms with Crippen LogP contribution in [0.2, 0.25) is 0 Å². The lowest BCUT2D eigenvalue weighted by Gasteiger charge is -2.33. The number of nitrogens with zero attached hydrogens (tertiary/aromatic N) is 1. The third-order valence-corrected chi connectivity index (χ3v) is 5.28. The van der Waals surface area contributed by atoms with Crippen LogP contribution >= 0.6 is 12.2 Å². The second-order valence-corrected chi connectivity index (χ2v) is 7.46. The number of piperidine rings is 1. The Labute approximate surface area is 174 Å². The monoisotopic (exact) mass is 409 g/mol. The van der Waals surface area contributed by atoms with E-state index >= 15 is 0 Å². The molecule has 0 radical (unpaired) electrons. The zero-order valence-corrected chi connectivity index (χ0v) is 17.0. The first-order valence-electron chi connectivity index (χ1n) is 9.61. The van der Waals surface area contributed by atoms with Gasteiger partial charge >= 0.3 is 0 Å². The van der Waals surface area contributed by atoms with E-state index in [1.807, 2.05) is 48.5 Å². The summed E-state index contributed by atoms with van der Waals surface area (Å²) in [6.45, 7) is 1.92. The number of fused-ring (bicyclic) bond motifs is 1. The summed E-state index contributed by atoms with van der Waals surface area (Å²) >= 11 is 5.27. The Kier molecular flexibility index (Phi) is 5.78. The molecule has 0 saturated carbocycles. The number of amides is 1. The van der Waals surface area contributed by atoms with Crippen molar-refractivity contribution < 1.29 is 13.9 Å². The van der Waals surface area contributed by atoms with Crippen LogP contribution in [0.15, 0.2) is 59.0 Å². The van der Waals surface area contributed by atoms with Gasteiger partial charge in [-0.15, -0.1) is 0 Å². The lowest BCUT2D eigenvalue weighted by Crippen LogP contribution is -2.39. The number of benzene rings is 2. The molecule has 2 aromatic carbocycles. The van der Waals surface area contributed by atoms with Crippen LogP contribution in [0.5, 0.6) is 0 Å². The van der Waals surface area contributed by atoms with Crippen molar-refractivity contribution >= 4 is 45.6 Å². The third kappa shape index (κ3) is 4.58. The molecule has 3 aromatic rings. The minimum Gasteiger partial charge on any atom is -0.451 e. The Morgan fingerprint density at radius 3 is 2.76 bits per heavy atom. The van der Waals surface area contributed by atoms with Crippen molar-refractivity contribution in [3.8, 4) is 0 Å². The van der Waals surface area contributed by atoms with Crippen molar-refractivity contribution in [1.82, 2.24) is 5.32 Å². The molecule has 150 valence electrons. The fraction of sp³-hybridized carbons (Fsp3) is 0.273. The van der Waals surface area contributed by atoms with E-state index in [-0.39, 0.29) is 22.9 Å². The van der Waals surface area contributed by atoms with E-state index in [9.17, 15) is 4.79 Å². The van der Waals surface area contributed by atoms with E-state index in [2.05, 4.69) is 15.5 Å². The van der Waals surface area contributed by atoms with E-state index in [1.165, 1.54) is 0 Å². The molecule has 1 aromatic heterocycles. The number of nitrogens with one attached hydrogen (secondary N) is 2. The summed E-state index contributed by atoms with van der Waals surface area (Å²) in [7, 11) is 1.77. The maximum absolute atomic E-state index is 12.4. The van der Waals surface area contributed by atoms with Crippen LogP contribution in [0.25, 0.3) is 11.0 Å². The number of carbonyl (C=O) groups excluding carboxylic acids is 1. The minimum absolute atomic E-state index is 0.223. The summed E-state index contributed by atoms with van der Waals surface area (Å²) in [5.41, 5.74) is 2.62. The van der Waals surface area contributed by atoms with Gasteiger partial charge in [0, 0.05) is 37.0 Å². The van der Waals surface area contributed by atoms with Gasteiger partial charge in [0.1, 0.15) is 5.58 Å². The van der Waals surface area contributed by atoms with Gasteiger partial charge in [-0.1, -0.05) is 18.2 Å². The second kappa shape index (κ2) is 8.63. The lowest BCUT2D eigenvalue weighted by molar-refractivity contribution is 0.0893. The first kappa shape index (κ1) is 19.4. The number of hydrogen-bond donors (Lipinski definition) is 2. The molecule has 1 fully saturated rings. The molecular formula is C22H23N3O3S. The van der Waals surface area contributed by atoms with Crippen LogP contribution in [0, 0.1) is 0 Å². The van der Waals surface area contributed by atoms with Crippen molar-refractivity contribution in [3.63, 3.8) is 0 Å². The Balaban J connectivity index is 1.35. The number of hydrogen-bond acceptors (Lipinski definition) is 5. The van der Waals surface area contributed by atoms with Gasteiger partial charge in [-0.25, -0.2) is 0 Å². The van der Waals surface area contributed by atoms with Crippen molar-refractivity contribution in [2.45, 2.75) is 18.9 Å². The number of carbonyl (C=O) groups is 1. The number of rotatable bonds is 4. The molecule has 29 heavy (non-hydrogen) atoms. The topological polar surface area (TPSA) is 66.7 Å². The van der Waals surface area contributed by atoms with Crippen LogP contribution < -0.4 is 15.5 Å². The summed E-state index contributed by atoms with van der Waals surface area (Å²) in [4.78, 5) is 14.7. The Morgan fingerprint density at radius 2 is 2.00 bits per heavy atom. The molecule has 2 N–H and O–H groups in total. The number of methoxy groups -OCH3 is 1. The fourth-order valence-electron chi connectivity index (χ4n) is 3.54. The Morgan fingerprint density at radius 1 is 1.21 bits per heavy atom. The van der Waals surface area contributed by atoms with Crippen LogP contribution in [-0.4, -0.2) is 37.3 Å². The zero-order chi connectivity index (χ0) is 20.2. The van der Waals surface area contributed by atoms with E-state index in [0.717, 1.165) is 42.7 Å². The van der Waals surface area contributed by atoms with Gasteiger partial charge in [0.15, 0.2) is 10.9 Å². The third-order valence-electron chi connectivity index (χ3n) is 5.08. The molecule has 1 aliphatic heterocycles.